The molecule has 218 valence electrons. The zero-order chi connectivity index (χ0) is 29.6. The van der Waals surface area contributed by atoms with E-state index in [0.717, 1.165) is 15.4 Å². The van der Waals surface area contributed by atoms with Gasteiger partial charge in [0.15, 0.2) is 11.5 Å². The Balaban J connectivity index is 1.71. The van der Waals surface area contributed by atoms with Gasteiger partial charge in [0.25, 0.3) is 10.0 Å². The molecule has 1 aliphatic rings. The number of carbonyl (C=O) groups excluding carboxylic acids is 2. The van der Waals surface area contributed by atoms with Gasteiger partial charge in [0, 0.05) is 19.2 Å². The molecule has 41 heavy (non-hydrogen) atoms. The van der Waals surface area contributed by atoms with Crippen molar-refractivity contribution >= 4 is 27.5 Å². The van der Waals surface area contributed by atoms with Crippen molar-refractivity contribution in [3.8, 4) is 11.5 Å². The number of amides is 2. The van der Waals surface area contributed by atoms with Crippen LogP contribution in [0.1, 0.15) is 31.9 Å². The van der Waals surface area contributed by atoms with Gasteiger partial charge in [0.05, 0.1) is 10.6 Å². The predicted molar refractivity (Wildman–Crippen MR) is 157 cm³/mol. The van der Waals surface area contributed by atoms with Crippen LogP contribution in [0.3, 0.4) is 0 Å². The maximum Gasteiger partial charge on any atom is 0.264 e. The van der Waals surface area contributed by atoms with Crippen molar-refractivity contribution in [3.05, 3.63) is 83.9 Å². The first-order chi connectivity index (χ1) is 19.6. The molecule has 0 bridgehead atoms. The zero-order valence-electron chi connectivity index (χ0n) is 23.9. The smallest absolute Gasteiger partial charge is 0.264 e. The number of rotatable bonds is 11. The van der Waals surface area contributed by atoms with E-state index < -0.39 is 28.5 Å². The summed E-state index contributed by atoms with van der Waals surface area (Å²) >= 11 is 0. The molecule has 2 amide bonds. The highest BCUT2D eigenvalue weighted by Gasteiger charge is 2.33. The van der Waals surface area contributed by atoms with Gasteiger partial charge in [-0.25, -0.2) is 8.42 Å². The topological polar surface area (TPSA) is 105 Å². The molecule has 3 aromatic carbocycles. The number of ether oxygens (including phenoxy) is 2. The Morgan fingerprint density at radius 3 is 2.22 bits per heavy atom. The van der Waals surface area contributed by atoms with Crippen LogP contribution < -0.4 is 19.1 Å². The summed E-state index contributed by atoms with van der Waals surface area (Å²) in [4.78, 5) is 28.6. The number of nitrogens with one attached hydrogen (secondary N) is 1. The number of hydrogen-bond donors (Lipinski definition) is 1. The lowest BCUT2D eigenvalue weighted by molar-refractivity contribution is -0.139. The van der Waals surface area contributed by atoms with Gasteiger partial charge < -0.3 is 19.7 Å². The molecule has 1 atom stereocenters. The van der Waals surface area contributed by atoms with Crippen LogP contribution in [0.5, 0.6) is 11.5 Å². The SMILES string of the molecule is Cc1ccc(CN(C(=O)CN(c2ccc3c(c2)OCCO3)S(=O)(=O)c2ccccc2)[C@H](C)C(=O)NCC(C)C)cc1. The lowest BCUT2D eigenvalue weighted by Crippen LogP contribution is -2.51. The number of fused-ring (bicyclic) bond motifs is 1. The number of sulfonamides is 1. The maximum atomic E-state index is 14.0. The van der Waals surface area contributed by atoms with Gasteiger partial charge in [-0.05, 0) is 49.6 Å². The molecule has 0 aliphatic carbocycles. The van der Waals surface area contributed by atoms with E-state index in [1.807, 2.05) is 45.0 Å². The fraction of sp³-hybridized carbons (Fsp3) is 0.355. The van der Waals surface area contributed by atoms with Crippen molar-refractivity contribution in [2.75, 3.05) is 30.6 Å². The number of hydrogen-bond acceptors (Lipinski definition) is 6. The lowest BCUT2D eigenvalue weighted by atomic mass is 10.1. The van der Waals surface area contributed by atoms with Crippen LogP contribution in [0, 0.1) is 12.8 Å². The first kappa shape index (κ1) is 29.9. The highest BCUT2D eigenvalue weighted by atomic mass is 32.2. The molecule has 1 N–H and O–H groups in total. The summed E-state index contributed by atoms with van der Waals surface area (Å²) in [5, 5.41) is 2.89. The van der Waals surface area contributed by atoms with Crippen LogP contribution in [0.4, 0.5) is 5.69 Å². The monoisotopic (exact) mass is 579 g/mol. The van der Waals surface area contributed by atoms with E-state index in [0.29, 0.717) is 31.3 Å². The van der Waals surface area contributed by atoms with Crippen molar-refractivity contribution < 1.29 is 27.5 Å². The first-order valence-corrected chi connectivity index (χ1v) is 15.1. The highest BCUT2D eigenvalue weighted by molar-refractivity contribution is 7.92. The standard InChI is InChI=1S/C31H37N3O6S/c1-22(2)19-32-31(36)24(4)33(20-25-12-10-23(3)11-13-25)30(35)21-34(41(37,38)27-8-6-5-7-9-27)26-14-15-28-29(18-26)40-17-16-39-28/h5-15,18,22,24H,16-17,19-21H2,1-4H3,(H,32,36)/t24-/m1/s1. The molecule has 0 saturated carbocycles. The third kappa shape index (κ3) is 7.38. The van der Waals surface area contributed by atoms with Gasteiger partial charge in [-0.3, -0.25) is 13.9 Å². The van der Waals surface area contributed by atoms with Gasteiger partial charge in [0.2, 0.25) is 11.8 Å². The molecule has 0 radical (unpaired) electrons. The maximum absolute atomic E-state index is 14.0. The Morgan fingerprint density at radius 1 is 0.902 bits per heavy atom. The second-order valence-corrected chi connectivity index (χ2v) is 12.3. The predicted octanol–water partition coefficient (Wildman–Crippen LogP) is 4.15. The second kappa shape index (κ2) is 13.1. The van der Waals surface area contributed by atoms with Crippen LogP contribution in [-0.2, 0) is 26.2 Å². The Kier molecular flexibility index (Phi) is 9.54. The third-order valence-electron chi connectivity index (χ3n) is 6.75. The van der Waals surface area contributed by atoms with E-state index in [4.69, 9.17) is 9.47 Å². The summed E-state index contributed by atoms with van der Waals surface area (Å²) in [5.41, 5.74) is 2.14. The van der Waals surface area contributed by atoms with E-state index in [1.54, 1.807) is 43.3 Å². The largest absolute Gasteiger partial charge is 0.486 e. The molecule has 0 saturated heterocycles. The van der Waals surface area contributed by atoms with Gasteiger partial charge in [-0.15, -0.1) is 0 Å². The van der Waals surface area contributed by atoms with E-state index in [-0.39, 0.29) is 29.0 Å². The molecule has 0 fully saturated rings. The molecule has 9 nitrogen and oxygen atoms in total. The van der Waals surface area contributed by atoms with E-state index in [2.05, 4.69) is 5.32 Å². The molecule has 10 heteroatoms. The van der Waals surface area contributed by atoms with Crippen molar-refractivity contribution in [1.82, 2.24) is 10.2 Å². The zero-order valence-corrected chi connectivity index (χ0v) is 24.7. The number of benzene rings is 3. The minimum absolute atomic E-state index is 0.0375. The summed E-state index contributed by atoms with van der Waals surface area (Å²) in [5.74, 6) is 0.296. The molecule has 0 unspecified atom stereocenters. The van der Waals surface area contributed by atoms with Gasteiger partial charge in [0.1, 0.15) is 25.8 Å². The first-order valence-electron chi connectivity index (χ1n) is 13.7. The quantitative estimate of drug-likeness (QED) is 0.366. The normalized spacial score (nSPS) is 13.4. The summed E-state index contributed by atoms with van der Waals surface area (Å²) in [7, 11) is -4.17. The van der Waals surface area contributed by atoms with Crippen LogP contribution in [-0.4, -0.2) is 57.5 Å². The lowest BCUT2D eigenvalue weighted by Gasteiger charge is -2.32. The van der Waals surface area contributed by atoms with Gasteiger partial charge >= 0.3 is 0 Å². The molecule has 1 aliphatic heterocycles. The average Bonchev–Trinajstić information content (AvgIpc) is 2.98. The van der Waals surface area contributed by atoms with Crippen LogP contribution in [0.25, 0.3) is 0 Å². The van der Waals surface area contributed by atoms with E-state index in [1.165, 1.54) is 17.0 Å². The van der Waals surface area contributed by atoms with Crippen LogP contribution >= 0.6 is 0 Å². The molecule has 0 spiro atoms. The van der Waals surface area contributed by atoms with Crippen LogP contribution in [0.2, 0.25) is 0 Å². The summed E-state index contributed by atoms with van der Waals surface area (Å²) < 4.78 is 40.2. The molecular weight excluding hydrogens is 542 g/mol. The minimum Gasteiger partial charge on any atom is -0.486 e. The van der Waals surface area contributed by atoms with Gasteiger partial charge in [-0.2, -0.15) is 0 Å². The van der Waals surface area contributed by atoms with Gasteiger partial charge in [-0.1, -0.05) is 61.9 Å². The fourth-order valence-electron chi connectivity index (χ4n) is 4.36. The summed E-state index contributed by atoms with van der Waals surface area (Å²) in [6.07, 6.45) is 0. The average molecular weight is 580 g/mol. The Labute approximate surface area is 242 Å². The Bertz CT molecular complexity index is 1460. The third-order valence-corrected chi connectivity index (χ3v) is 8.54. The number of carbonyl (C=O) groups is 2. The summed E-state index contributed by atoms with van der Waals surface area (Å²) in [6.45, 7) is 8.38. The van der Waals surface area contributed by atoms with Crippen molar-refractivity contribution in [3.63, 3.8) is 0 Å². The Morgan fingerprint density at radius 2 is 1.56 bits per heavy atom. The number of aryl methyl sites for hydroxylation is 1. The van der Waals surface area contributed by atoms with E-state index >= 15 is 0 Å². The van der Waals surface area contributed by atoms with Crippen molar-refractivity contribution in [2.45, 2.75) is 45.2 Å². The minimum atomic E-state index is -4.17. The number of nitrogens with zero attached hydrogens (tertiary/aromatic N) is 2. The van der Waals surface area contributed by atoms with Crippen LogP contribution in [0.15, 0.2) is 77.7 Å². The fourth-order valence-corrected chi connectivity index (χ4v) is 5.79. The highest BCUT2D eigenvalue weighted by Crippen LogP contribution is 2.36. The molecule has 4 rings (SSSR count). The molecule has 1 heterocycles. The molecule has 0 aromatic heterocycles. The van der Waals surface area contributed by atoms with Crippen molar-refractivity contribution in [1.29, 1.82) is 0 Å². The van der Waals surface area contributed by atoms with Crippen molar-refractivity contribution in [2.24, 2.45) is 5.92 Å². The number of anilines is 1. The second-order valence-electron chi connectivity index (χ2n) is 10.5. The molecular formula is C31H37N3O6S. The Hall–Kier alpha value is -4.05. The van der Waals surface area contributed by atoms with E-state index in [9.17, 15) is 18.0 Å². The summed E-state index contributed by atoms with van der Waals surface area (Å²) in [6, 6.07) is 19.5. The molecule has 3 aromatic rings.